The van der Waals surface area contributed by atoms with Gasteiger partial charge in [0, 0.05) is 25.4 Å². The maximum Gasteiger partial charge on any atom is 0.407 e. The molecular formula is C30H38N6O5S. The molecule has 4 aromatic rings. The molecule has 12 heteroatoms. The Labute approximate surface area is 249 Å². The minimum atomic E-state index is -1.11. The fourth-order valence-electron chi connectivity index (χ4n) is 4.32. The molecular weight excluding hydrogens is 556 g/mol. The number of oxazole rings is 1. The van der Waals surface area contributed by atoms with E-state index in [4.69, 9.17) is 9.15 Å². The van der Waals surface area contributed by atoms with Crippen LogP contribution in [0.15, 0.2) is 64.7 Å². The third kappa shape index (κ3) is 7.84. The minimum Gasteiger partial charge on any atom is -0.444 e. The average Bonchev–Trinajstić information content (AvgIpc) is 3.67. The lowest BCUT2D eigenvalue weighted by molar-refractivity contribution is 0.0209. The van der Waals surface area contributed by atoms with Crippen molar-refractivity contribution in [2.24, 2.45) is 0 Å². The van der Waals surface area contributed by atoms with Crippen LogP contribution in [0.3, 0.4) is 0 Å². The van der Waals surface area contributed by atoms with Crippen LogP contribution in [0.5, 0.6) is 0 Å². The number of hydrogen-bond donors (Lipinski definition) is 2. The van der Waals surface area contributed by atoms with Gasteiger partial charge in [-0.15, -0.1) is 11.3 Å². The smallest absolute Gasteiger partial charge is 0.407 e. The normalized spacial score (nSPS) is 13.5. The number of ether oxygens (including phenoxy) is 1. The van der Waals surface area contributed by atoms with E-state index in [-0.39, 0.29) is 25.2 Å². The summed E-state index contributed by atoms with van der Waals surface area (Å²) in [6.45, 7) is 4.64. The highest BCUT2D eigenvalue weighted by Crippen LogP contribution is 2.24. The number of carbonyl (C=O) groups excluding carboxylic acids is 2. The highest BCUT2D eigenvalue weighted by molar-refractivity contribution is 7.09. The summed E-state index contributed by atoms with van der Waals surface area (Å²) in [6, 6.07) is 14.4. The number of fused-ring (bicyclic) bond motifs is 1. The topological polar surface area (TPSA) is 124 Å². The van der Waals surface area contributed by atoms with Gasteiger partial charge in [-0.05, 0) is 58.1 Å². The zero-order chi connectivity index (χ0) is 30.2. The maximum absolute atomic E-state index is 13.9. The summed E-state index contributed by atoms with van der Waals surface area (Å²) in [6.07, 6.45) is -0.153. The molecule has 0 aliphatic heterocycles. The number of nitrogens with zero attached hydrogens (tertiary/aromatic N) is 5. The number of anilines is 1. The molecule has 2 amide bonds. The van der Waals surface area contributed by atoms with Crippen LogP contribution in [0.25, 0.3) is 11.1 Å². The molecule has 2 aromatic carbocycles. The molecule has 0 spiro atoms. The van der Waals surface area contributed by atoms with Gasteiger partial charge in [-0.3, -0.25) is 14.7 Å². The Morgan fingerprint density at radius 3 is 2.57 bits per heavy atom. The van der Waals surface area contributed by atoms with E-state index in [1.165, 1.54) is 11.3 Å². The summed E-state index contributed by atoms with van der Waals surface area (Å²) < 4.78 is 11.3. The summed E-state index contributed by atoms with van der Waals surface area (Å²) in [5.41, 5.74) is 4.14. The molecule has 0 saturated carbocycles. The molecule has 2 heterocycles. The van der Waals surface area contributed by atoms with E-state index < -0.39 is 18.2 Å². The summed E-state index contributed by atoms with van der Waals surface area (Å²) in [4.78, 5) is 41.3. The van der Waals surface area contributed by atoms with Gasteiger partial charge in [-0.1, -0.05) is 30.3 Å². The minimum absolute atomic E-state index is 0.0386. The lowest BCUT2D eigenvalue weighted by Gasteiger charge is -2.36. The molecule has 2 aromatic heterocycles. The van der Waals surface area contributed by atoms with E-state index in [9.17, 15) is 14.7 Å². The van der Waals surface area contributed by atoms with E-state index in [0.29, 0.717) is 29.1 Å². The predicted octanol–water partition coefficient (Wildman–Crippen LogP) is 3.99. The first-order valence-electron chi connectivity index (χ1n) is 13.8. The Morgan fingerprint density at radius 2 is 1.90 bits per heavy atom. The van der Waals surface area contributed by atoms with Crippen molar-refractivity contribution in [3.05, 3.63) is 76.2 Å². The number of aliphatic hydroxyl groups excluding tert-OH is 1. The second-order valence-electron chi connectivity index (χ2n) is 10.3. The van der Waals surface area contributed by atoms with Gasteiger partial charge in [-0.25, -0.2) is 4.79 Å². The number of rotatable bonds is 13. The Hall–Kier alpha value is -4.00. The van der Waals surface area contributed by atoms with Crippen molar-refractivity contribution in [1.82, 2.24) is 25.1 Å². The van der Waals surface area contributed by atoms with Crippen LogP contribution in [-0.2, 0) is 17.8 Å². The van der Waals surface area contributed by atoms with Crippen LogP contribution in [-0.4, -0.2) is 89.4 Å². The fourth-order valence-corrected chi connectivity index (χ4v) is 4.82. The third-order valence-electron chi connectivity index (χ3n) is 7.16. The van der Waals surface area contributed by atoms with Crippen molar-refractivity contribution in [2.75, 3.05) is 39.1 Å². The van der Waals surface area contributed by atoms with Crippen molar-refractivity contribution in [1.29, 1.82) is 0 Å². The number of aromatic nitrogens is 2. The van der Waals surface area contributed by atoms with E-state index in [1.54, 1.807) is 34.8 Å². The zero-order valence-corrected chi connectivity index (χ0v) is 25.4. The number of aliphatic hydroxyl groups is 1. The molecule has 2 N–H and O–H groups in total. The maximum atomic E-state index is 13.9. The summed E-state index contributed by atoms with van der Waals surface area (Å²) >= 11 is 1.39. The quantitative estimate of drug-likeness (QED) is 0.221. The Balaban J connectivity index is 1.55. The van der Waals surface area contributed by atoms with E-state index in [1.807, 2.05) is 75.1 Å². The van der Waals surface area contributed by atoms with Crippen molar-refractivity contribution >= 4 is 40.5 Å². The van der Waals surface area contributed by atoms with Gasteiger partial charge in [0.15, 0.2) is 5.58 Å². The zero-order valence-electron chi connectivity index (χ0n) is 24.6. The van der Waals surface area contributed by atoms with E-state index in [0.717, 1.165) is 17.0 Å². The third-order valence-corrected chi connectivity index (χ3v) is 7.92. The second kappa shape index (κ2) is 14.3. The number of nitrogens with one attached hydrogen (secondary N) is 1. The van der Waals surface area contributed by atoms with Crippen LogP contribution >= 0.6 is 11.3 Å². The molecule has 11 nitrogen and oxygen atoms in total. The second-order valence-corrected chi connectivity index (χ2v) is 11.3. The Kier molecular flexibility index (Phi) is 10.5. The number of benzene rings is 2. The van der Waals surface area contributed by atoms with Gasteiger partial charge >= 0.3 is 6.09 Å². The van der Waals surface area contributed by atoms with Gasteiger partial charge in [0.25, 0.3) is 11.9 Å². The van der Waals surface area contributed by atoms with Gasteiger partial charge in [0.1, 0.15) is 12.1 Å². The largest absolute Gasteiger partial charge is 0.444 e. The molecule has 4 rings (SSSR count). The predicted molar refractivity (Wildman–Crippen MR) is 163 cm³/mol. The Bertz CT molecular complexity index is 1450. The van der Waals surface area contributed by atoms with Gasteiger partial charge in [0.05, 0.1) is 35.2 Å². The van der Waals surface area contributed by atoms with Crippen LogP contribution in [0, 0.1) is 0 Å². The molecule has 3 atom stereocenters. The first-order chi connectivity index (χ1) is 20.2. The average molecular weight is 595 g/mol. The summed E-state index contributed by atoms with van der Waals surface area (Å²) in [7, 11) is 5.61. The molecule has 0 bridgehead atoms. The van der Waals surface area contributed by atoms with Crippen molar-refractivity contribution < 1.29 is 23.8 Å². The van der Waals surface area contributed by atoms with Crippen LogP contribution in [0.1, 0.15) is 34.6 Å². The molecule has 0 aliphatic rings. The number of carbonyl (C=O) groups is 2. The van der Waals surface area contributed by atoms with Crippen LogP contribution in [0.4, 0.5) is 10.8 Å². The number of alkyl carbamates (subject to hydrolysis) is 1. The highest BCUT2D eigenvalue weighted by Gasteiger charge is 2.31. The van der Waals surface area contributed by atoms with Gasteiger partial charge < -0.3 is 29.4 Å². The molecule has 42 heavy (non-hydrogen) atoms. The standard InChI is InChI=1S/C30H38N6O5S/c1-6-35(5)29-32-24-13-12-22(15-27(24)41-29)28(38)36(20(2)34(3)4)17-26(37)25(14-21-10-8-7-9-11-21)33-30(39)40-18-23-16-31-19-42-23/h7-13,15-16,19-20,25-26,37H,6,14,17-18H2,1-5H3,(H,33,39)/t20?,25-,26?/m0/s1. The molecule has 0 fully saturated rings. The highest BCUT2D eigenvalue weighted by atomic mass is 32.1. The number of amides is 2. The van der Waals surface area contributed by atoms with Crippen molar-refractivity contribution in [3.8, 4) is 0 Å². The van der Waals surface area contributed by atoms with E-state index in [2.05, 4.69) is 15.3 Å². The summed E-state index contributed by atoms with van der Waals surface area (Å²) in [5, 5.41) is 14.3. The first kappa shape index (κ1) is 30.9. The molecule has 0 radical (unpaired) electrons. The number of thiazole rings is 1. The number of hydrogen-bond acceptors (Lipinski definition) is 10. The molecule has 2 unspecified atom stereocenters. The molecule has 0 aliphatic carbocycles. The van der Waals surface area contributed by atoms with Crippen molar-refractivity contribution in [2.45, 2.75) is 45.2 Å². The van der Waals surface area contributed by atoms with Gasteiger partial charge in [0.2, 0.25) is 0 Å². The summed E-state index contributed by atoms with van der Waals surface area (Å²) in [5.74, 6) is -0.287. The van der Waals surface area contributed by atoms with Crippen LogP contribution < -0.4 is 10.2 Å². The Morgan fingerprint density at radius 1 is 1.14 bits per heavy atom. The van der Waals surface area contributed by atoms with Gasteiger partial charge in [-0.2, -0.15) is 4.98 Å². The monoisotopic (exact) mass is 594 g/mol. The lowest BCUT2D eigenvalue weighted by Crippen LogP contribution is -2.54. The first-order valence-corrected chi connectivity index (χ1v) is 14.7. The fraction of sp³-hybridized carbons (Fsp3) is 0.400. The molecule has 224 valence electrons. The lowest BCUT2D eigenvalue weighted by atomic mass is 10.0. The SMILES string of the molecule is CCN(C)c1nc2ccc(C(=O)N(CC(O)[C@H](Cc3ccccc3)NC(=O)OCc3cncs3)C(C)N(C)C)cc2o1. The van der Waals surface area contributed by atoms with Crippen molar-refractivity contribution in [3.63, 3.8) is 0 Å². The van der Waals surface area contributed by atoms with Crippen LogP contribution in [0.2, 0.25) is 0 Å². The molecule has 0 saturated heterocycles. The van der Waals surface area contributed by atoms with E-state index >= 15 is 0 Å².